The van der Waals surface area contributed by atoms with Crippen molar-refractivity contribution in [1.29, 1.82) is 0 Å². The van der Waals surface area contributed by atoms with E-state index in [0.29, 0.717) is 11.0 Å². The topological polar surface area (TPSA) is 85.8 Å². The molecular weight excluding hydrogens is 358 g/mol. The van der Waals surface area contributed by atoms with E-state index in [4.69, 9.17) is 4.42 Å². The number of amides is 1. The Morgan fingerprint density at radius 2 is 2.28 bits per heavy atom. The number of nitrogens with zero attached hydrogens (tertiary/aromatic N) is 4. The van der Waals surface area contributed by atoms with Crippen LogP contribution in [-0.2, 0) is 11.3 Å². The van der Waals surface area contributed by atoms with Crippen molar-refractivity contribution in [3.63, 3.8) is 0 Å². The van der Waals surface area contributed by atoms with Crippen LogP contribution in [0.3, 0.4) is 0 Å². The van der Waals surface area contributed by atoms with E-state index in [-0.39, 0.29) is 11.7 Å². The molecule has 0 atom stereocenters. The van der Waals surface area contributed by atoms with Gasteiger partial charge >= 0.3 is 0 Å². The van der Waals surface area contributed by atoms with E-state index >= 15 is 0 Å². The van der Waals surface area contributed by atoms with Crippen LogP contribution in [0, 0.1) is 12.8 Å². The van der Waals surface area contributed by atoms with E-state index in [1.807, 2.05) is 22.9 Å². The molecule has 0 fully saturated rings. The number of hydrogen-bond donors (Lipinski definition) is 1. The van der Waals surface area contributed by atoms with Crippen molar-refractivity contribution in [3.05, 3.63) is 29.7 Å². The average Bonchev–Trinajstić information content (AvgIpc) is 3.27. The third-order valence-electron chi connectivity index (χ3n) is 3.38. The maximum Gasteiger partial charge on any atom is 0.236 e. The molecule has 3 rings (SSSR count). The first-order valence-corrected chi connectivity index (χ1v) is 9.71. The summed E-state index contributed by atoms with van der Waals surface area (Å²) in [5.41, 5.74) is 0.923. The van der Waals surface area contributed by atoms with Crippen molar-refractivity contribution in [1.82, 2.24) is 19.7 Å². The van der Waals surface area contributed by atoms with Crippen LogP contribution < -0.4 is 5.32 Å². The second-order valence-electron chi connectivity index (χ2n) is 5.88. The van der Waals surface area contributed by atoms with Crippen LogP contribution in [0.5, 0.6) is 0 Å². The monoisotopic (exact) mass is 377 g/mol. The summed E-state index contributed by atoms with van der Waals surface area (Å²) in [4.78, 5) is 16.1. The molecule has 1 N–H and O–H groups in total. The zero-order chi connectivity index (χ0) is 17.8. The Morgan fingerprint density at radius 3 is 2.92 bits per heavy atom. The summed E-state index contributed by atoms with van der Waals surface area (Å²) in [5.74, 6) is 2.13. The lowest BCUT2D eigenvalue weighted by molar-refractivity contribution is -0.113. The summed E-state index contributed by atoms with van der Waals surface area (Å²) in [7, 11) is 0. The number of hydrogen-bond acceptors (Lipinski definition) is 7. The number of rotatable bonds is 7. The Kier molecular flexibility index (Phi) is 5.54. The maximum atomic E-state index is 12.1. The third-order valence-corrected chi connectivity index (χ3v) is 5.03. The number of thiazole rings is 1. The van der Waals surface area contributed by atoms with Gasteiger partial charge in [-0.1, -0.05) is 25.6 Å². The zero-order valence-electron chi connectivity index (χ0n) is 14.2. The fourth-order valence-electron chi connectivity index (χ4n) is 2.31. The van der Waals surface area contributed by atoms with Gasteiger partial charge in [0.05, 0.1) is 17.6 Å². The molecule has 7 nitrogen and oxygen atoms in total. The molecule has 0 aromatic carbocycles. The van der Waals surface area contributed by atoms with E-state index < -0.39 is 0 Å². The molecule has 0 spiro atoms. The highest BCUT2D eigenvalue weighted by molar-refractivity contribution is 7.99. The summed E-state index contributed by atoms with van der Waals surface area (Å²) in [6.45, 7) is 6.94. The molecule has 0 saturated heterocycles. The van der Waals surface area contributed by atoms with E-state index in [9.17, 15) is 4.79 Å². The average molecular weight is 377 g/mol. The van der Waals surface area contributed by atoms with Crippen molar-refractivity contribution in [2.75, 3.05) is 11.1 Å². The minimum atomic E-state index is -0.111. The maximum absolute atomic E-state index is 12.1. The highest BCUT2D eigenvalue weighted by Gasteiger charge is 2.19. The van der Waals surface area contributed by atoms with Crippen molar-refractivity contribution >= 4 is 34.1 Å². The van der Waals surface area contributed by atoms with Crippen LogP contribution in [0.25, 0.3) is 11.4 Å². The van der Waals surface area contributed by atoms with Gasteiger partial charge in [0.15, 0.2) is 16.1 Å². The van der Waals surface area contributed by atoms with Crippen LogP contribution in [0.15, 0.2) is 33.5 Å². The molecule has 0 aliphatic carbocycles. The second kappa shape index (κ2) is 7.83. The summed E-state index contributed by atoms with van der Waals surface area (Å²) in [6.07, 6.45) is 3.31. The van der Waals surface area contributed by atoms with Gasteiger partial charge in [0.25, 0.3) is 0 Å². The zero-order valence-corrected chi connectivity index (χ0v) is 15.9. The first kappa shape index (κ1) is 17.7. The number of thioether (sulfide) groups is 1. The molecule has 0 saturated carbocycles. The Labute approximate surface area is 153 Å². The largest absolute Gasteiger partial charge is 0.469 e. The SMILES string of the molecule is Cc1occc1-c1nnc(SCC(=O)Nc2nccs2)n1CC(C)C. The van der Waals surface area contributed by atoms with E-state index in [1.54, 1.807) is 12.5 Å². The van der Waals surface area contributed by atoms with Crippen molar-refractivity contribution in [3.8, 4) is 11.4 Å². The quantitative estimate of drug-likeness (QED) is 0.632. The first-order chi connectivity index (χ1) is 12.0. The third kappa shape index (κ3) is 4.29. The molecule has 132 valence electrons. The minimum absolute atomic E-state index is 0.111. The summed E-state index contributed by atoms with van der Waals surface area (Å²) >= 11 is 2.76. The van der Waals surface area contributed by atoms with Crippen molar-refractivity contribution < 1.29 is 9.21 Å². The van der Waals surface area contributed by atoms with Crippen molar-refractivity contribution in [2.45, 2.75) is 32.5 Å². The molecular formula is C16H19N5O2S2. The normalized spacial score (nSPS) is 11.2. The van der Waals surface area contributed by atoms with E-state index in [0.717, 1.165) is 28.8 Å². The summed E-state index contributed by atoms with van der Waals surface area (Å²) < 4.78 is 7.43. The Bertz CT molecular complexity index is 839. The van der Waals surface area contributed by atoms with Gasteiger partial charge in [0, 0.05) is 18.1 Å². The van der Waals surface area contributed by atoms with Gasteiger partial charge in [0.1, 0.15) is 5.76 Å². The van der Waals surface area contributed by atoms with Crippen LogP contribution >= 0.6 is 23.1 Å². The minimum Gasteiger partial charge on any atom is -0.469 e. The molecule has 0 bridgehead atoms. The van der Waals surface area contributed by atoms with Gasteiger partial charge in [-0.15, -0.1) is 21.5 Å². The first-order valence-electron chi connectivity index (χ1n) is 7.84. The lowest BCUT2D eigenvalue weighted by atomic mass is 10.2. The number of aryl methyl sites for hydroxylation is 1. The number of carbonyl (C=O) groups is 1. The van der Waals surface area contributed by atoms with Crippen LogP contribution in [-0.4, -0.2) is 31.4 Å². The van der Waals surface area contributed by atoms with Gasteiger partial charge < -0.3 is 14.3 Å². The van der Waals surface area contributed by atoms with Gasteiger partial charge in [-0.05, 0) is 18.9 Å². The smallest absolute Gasteiger partial charge is 0.236 e. The molecule has 3 aromatic rings. The van der Waals surface area contributed by atoms with E-state index in [1.165, 1.54) is 23.1 Å². The Morgan fingerprint density at radius 1 is 1.44 bits per heavy atom. The number of anilines is 1. The number of aromatic nitrogens is 4. The predicted octanol–water partition coefficient (Wildman–Crippen LogP) is 3.69. The van der Waals surface area contributed by atoms with Gasteiger partial charge in [-0.25, -0.2) is 4.98 Å². The Hall–Kier alpha value is -2.13. The van der Waals surface area contributed by atoms with Crippen LogP contribution in [0.4, 0.5) is 5.13 Å². The number of nitrogens with one attached hydrogen (secondary N) is 1. The fraction of sp³-hybridized carbons (Fsp3) is 0.375. The fourth-order valence-corrected chi connectivity index (χ4v) is 3.60. The predicted molar refractivity (Wildman–Crippen MR) is 98.8 cm³/mol. The van der Waals surface area contributed by atoms with E-state index in [2.05, 4.69) is 34.3 Å². The highest BCUT2D eigenvalue weighted by atomic mass is 32.2. The van der Waals surface area contributed by atoms with Crippen molar-refractivity contribution in [2.24, 2.45) is 5.92 Å². The molecule has 0 aliphatic heterocycles. The second-order valence-corrected chi connectivity index (χ2v) is 7.71. The standard InChI is InChI=1S/C16H19N5O2S2/c1-10(2)8-21-14(12-4-6-23-11(12)3)19-20-16(21)25-9-13(22)18-15-17-5-7-24-15/h4-7,10H,8-9H2,1-3H3,(H,17,18,22). The molecule has 0 radical (unpaired) electrons. The molecule has 25 heavy (non-hydrogen) atoms. The number of furan rings is 1. The van der Waals surface area contributed by atoms with Crippen LogP contribution in [0.2, 0.25) is 0 Å². The number of carbonyl (C=O) groups excluding carboxylic acids is 1. The highest BCUT2D eigenvalue weighted by Crippen LogP contribution is 2.28. The van der Waals surface area contributed by atoms with Crippen LogP contribution in [0.1, 0.15) is 19.6 Å². The summed E-state index contributed by atoms with van der Waals surface area (Å²) in [5, 5.41) is 14.5. The molecule has 0 unspecified atom stereocenters. The Balaban J connectivity index is 1.75. The lowest BCUT2D eigenvalue weighted by Crippen LogP contribution is -2.15. The van der Waals surface area contributed by atoms with Gasteiger partial charge in [-0.3, -0.25) is 4.79 Å². The molecule has 1 amide bonds. The molecule has 0 aliphatic rings. The lowest BCUT2D eigenvalue weighted by Gasteiger charge is -2.12. The van der Waals surface area contributed by atoms with Gasteiger partial charge in [-0.2, -0.15) is 0 Å². The molecule has 3 aromatic heterocycles. The summed E-state index contributed by atoms with van der Waals surface area (Å²) in [6, 6.07) is 1.89. The molecule has 3 heterocycles. The van der Waals surface area contributed by atoms with Gasteiger partial charge in [0.2, 0.25) is 5.91 Å². The molecule has 9 heteroatoms.